The van der Waals surface area contributed by atoms with Gasteiger partial charge in [-0.3, -0.25) is 9.59 Å². The number of likely N-dealkylation sites (tertiary alicyclic amines) is 1. The van der Waals surface area contributed by atoms with Crippen LogP contribution in [0.2, 0.25) is 0 Å². The maximum Gasteiger partial charge on any atom is 0.305 e. The van der Waals surface area contributed by atoms with Crippen molar-refractivity contribution >= 4 is 11.9 Å². The van der Waals surface area contributed by atoms with Crippen molar-refractivity contribution in [2.45, 2.75) is 64.0 Å². The third kappa shape index (κ3) is 4.19. The summed E-state index contributed by atoms with van der Waals surface area (Å²) in [5.41, 5.74) is 0. The van der Waals surface area contributed by atoms with E-state index in [-0.39, 0.29) is 30.4 Å². The average molecular weight is 297 g/mol. The summed E-state index contributed by atoms with van der Waals surface area (Å²) in [6.45, 7) is 2.51. The summed E-state index contributed by atoms with van der Waals surface area (Å²) in [5.74, 6) is -0.0894. The van der Waals surface area contributed by atoms with Gasteiger partial charge in [-0.2, -0.15) is 0 Å². The lowest BCUT2D eigenvalue weighted by Crippen LogP contribution is -2.40. The van der Waals surface area contributed by atoms with E-state index < -0.39 is 5.97 Å². The van der Waals surface area contributed by atoms with Crippen LogP contribution in [0.5, 0.6) is 0 Å². The zero-order valence-electron chi connectivity index (χ0n) is 13.1. The van der Waals surface area contributed by atoms with Gasteiger partial charge in [0.25, 0.3) is 0 Å². The summed E-state index contributed by atoms with van der Waals surface area (Å²) < 4.78 is 5.33. The van der Waals surface area contributed by atoms with E-state index in [1.54, 1.807) is 12.0 Å². The zero-order valence-corrected chi connectivity index (χ0v) is 13.1. The van der Waals surface area contributed by atoms with Crippen molar-refractivity contribution in [3.05, 3.63) is 0 Å². The zero-order chi connectivity index (χ0) is 15.4. The van der Waals surface area contributed by atoms with Crippen LogP contribution in [0.15, 0.2) is 0 Å². The highest BCUT2D eigenvalue weighted by Crippen LogP contribution is 2.32. The van der Waals surface area contributed by atoms with Gasteiger partial charge in [0.15, 0.2) is 0 Å². The molecular weight excluding hydrogens is 270 g/mol. The van der Waals surface area contributed by atoms with Crippen molar-refractivity contribution in [3.8, 4) is 0 Å². The fraction of sp³-hybridized carbons (Fsp3) is 0.875. The Labute approximate surface area is 126 Å². The number of methoxy groups -OCH3 is 1. The lowest BCUT2D eigenvalue weighted by atomic mass is 9.93. The molecule has 0 radical (unpaired) electrons. The highest BCUT2D eigenvalue weighted by molar-refractivity contribution is 5.80. The van der Waals surface area contributed by atoms with Gasteiger partial charge in [0, 0.05) is 25.6 Å². The van der Waals surface area contributed by atoms with Gasteiger partial charge in [0.1, 0.15) is 0 Å². The molecule has 21 heavy (non-hydrogen) atoms. The normalized spacial score (nSPS) is 28.0. The van der Waals surface area contributed by atoms with Gasteiger partial charge in [-0.25, -0.2) is 0 Å². The quantitative estimate of drug-likeness (QED) is 0.817. The molecule has 1 aliphatic carbocycles. The summed E-state index contributed by atoms with van der Waals surface area (Å²) in [7, 11) is 1.62. The number of carbonyl (C=O) groups is 2. The molecule has 1 saturated heterocycles. The second-order valence-electron chi connectivity index (χ2n) is 6.62. The van der Waals surface area contributed by atoms with Crippen molar-refractivity contribution < 1.29 is 19.4 Å². The number of carboxylic acids is 1. The van der Waals surface area contributed by atoms with E-state index in [1.165, 1.54) is 25.7 Å². The van der Waals surface area contributed by atoms with Crippen LogP contribution < -0.4 is 0 Å². The van der Waals surface area contributed by atoms with Gasteiger partial charge in [-0.15, -0.1) is 0 Å². The smallest absolute Gasteiger partial charge is 0.305 e. The first kappa shape index (κ1) is 16.3. The van der Waals surface area contributed by atoms with Crippen LogP contribution in [0, 0.1) is 11.8 Å². The fourth-order valence-electron chi connectivity index (χ4n) is 3.84. The summed E-state index contributed by atoms with van der Waals surface area (Å²) in [6, 6.07) is -0.217. The number of carbonyl (C=O) groups excluding carboxylic acids is 1. The van der Waals surface area contributed by atoms with Crippen LogP contribution in [0.25, 0.3) is 0 Å². The molecule has 2 aliphatic rings. The minimum atomic E-state index is -0.849. The van der Waals surface area contributed by atoms with Crippen molar-refractivity contribution in [3.63, 3.8) is 0 Å². The van der Waals surface area contributed by atoms with E-state index in [4.69, 9.17) is 9.84 Å². The standard InChI is InChI=1S/C16H27NO4/c1-11(7-12-5-3-4-6-12)16(20)17-10-14(21-2)8-13(17)9-15(18)19/h11-14H,3-10H2,1-2H3,(H,18,19). The third-order valence-corrected chi connectivity index (χ3v) is 4.99. The van der Waals surface area contributed by atoms with Crippen molar-refractivity contribution in [2.75, 3.05) is 13.7 Å². The molecule has 1 aliphatic heterocycles. The van der Waals surface area contributed by atoms with Crippen LogP contribution in [-0.4, -0.2) is 47.7 Å². The average Bonchev–Trinajstić information content (AvgIpc) is 3.06. The SMILES string of the molecule is COC1CC(CC(=O)O)N(C(=O)C(C)CC2CCCC2)C1. The molecule has 0 aromatic heterocycles. The number of carboxylic acid groups (broad SMARTS) is 1. The molecule has 1 amide bonds. The maximum atomic E-state index is 12.7. The summed E-state index contributed by atoms with van der Waals surface area (Å²) in [5, 5.41) is 9.02. The second kappa shape index (κ2) is 7.25. The van der Waals surface area contributed by atoms with Gasteiger partial charge in [0.2, 0.25) is 5.91 Å². The van der Waals surface area contributed by atoms with Crippen LogP contribution in [0.4, 0.5) is 0 Å². The number of hydrogen-bond donors (Lipinski definition) is 1. The third-order valence-electron chi connectivity index (χ3n) is 4.99. The highest BCUT2D eigenvalue weighted by Gasteiger charge is 2.38. The van der Waals surface area contributed by atoms with Crippen LogP contribution in [0.3, 0.4) is 0 Å². The molecule has 1 N–H and O–H groups in total. The summed E-state index contributed by atoms with van der Waals surface area (Å²) in [4.78, 5) is 25.4. The lowest BCUT2D eigenvalue weighted by molar-refractivity contribution is -0.141. The molecule has 0 aromatic carbocycles. The first-order valence-corrected chi connectivity index (χ1v) is 8.06. The predicted octanol–water partition coefficient (Wildman–Crippen LogP) is 2.29. The van der Waals surface area contributed by atoms with Crippen LogP contribution >= 0.6 is 0 Å². The minimum Gasteiger partial charge on any atom is -0.481 e. The molecule has 5 nitrogen and oxygen atoms in total. The molecule has 3 atom stereocenters. The minimum absolute atomic E-state index is 0.0139. The molecular formula is C16H27NO4. The number of nitrogens with zero attached hydrogens (tertiary/aromatic N) is 1. The number of rotatable bonds is 6. The largest absolute Gasteiger partial charge is 0.481 e. The molecule has 3 unspecified atom stereocenters. The molecule has 0 aromatic rings. The monoisotopic (exact) mass is 297 g/mol. The number of amides is 1. The van der Waals surface area contributed by atoms with E-state index in [0.29, 0.717) is 18.9 Å². The Hall–Kier alpha value is -1.10. The van der Waals surface area contributed by atoms with E-state index in [2.05, 4.69) is 0 Å². The molecule has 120 valence electrons. The van der Waals surface area contributed by atoms with Crippen molar-refractivity contribution in [1.29, 1.82) is 0 Å². The molecule has 0 bridgehead atoms. The summed E-state index contributed by atoms with van der Waals surface area (Å²) in [6.07, 6.45) is 6.58. The van der Waals surface area contributed by atoms with Gasteiger partial charge in [0.05, 0.1) is 12.5 Å². The first-order chi connectivity index (χ1) is 10.0. The molecule has 1 saturated carbocycles. The summed E-state index contributed by atoms with van der Waals surface area (Å²) >= 11 is 0. The van der Waals surface area contributed by atoms with Crippen molar-refractivity contribution in [1.82, 2.24) is 4.90 Å². The molecule has 2 fully saturated rings. The molecule has 1 heterocycles. The number of ether oxygens (including phenoxy) is 1. The Morgan fingerprint density at radius 3 is 2.57 bits per heavy atom. The number of hydrogen-bond acceptors (Lipinski definition) is 3. The predicted molar refractivity (Wildman–Crippen MR) is 78.9 cm³/mol. The van der Waals surface area contributed by atoms with Gasteiger partial charge < -0.3 is 14.7 Å². The van der Waals surface area contributed by atoms with Crippen LogP contribution in [0.1, 0.15) is 51.9 Å². The second-order valence-corrected chi connectivity index (χ2v) is 6.62. The van der Waals surface area contributed by atoms with Gasteiger partial charge in [-0.1, -0.05) is 32.6 Å². The Kier molecular flexibility index (Phi) is 5.62. The van der Waals surface area contributed by atoms with E-state index in [9.17, 15) is 9.59 Å². The Morgan fingerprint density at radius 1 is 1.33 bits per heavy atom. The van der Waals surface area contributed by atoms with Gasteiger partial charge >= 0.3 is 5.97 Å². The number of aliphatic carboxylic acids is 1. The highest BCUT2D eigenvalue weighted by atomic mass is 16.5. The Bertz CT molecular complexity index is 378. The topological polar surface area (TPSA) is 66.8 Å². The van der Waals surface area contributed by atoms with Crippen molar-refractivity contribution in [2.24, 2.45) is 11.8 Å². The molecule has 5 heteroatoms. The molecule has 2 rings (SSSR count). The van der Waals surface area contributed by atoms with E-state index in [0.717, 1.165) is 6.42 Å². The Morgan fingerprint density at radius 2 is 2.00 bits per heavy atom. The first-order valence-electron chi connectivity index (χ1n) is 8.06. The Balaban J connectivity index is 1.95. The lowest BCUT2D eigenvalue weighted by Gasteiger charge is -2.27. The van der Waals surface area contributed by atoms with E-state index in [1.807, 2.05) is 6.92 Å². The van der Waals surface area contributed by atoms with Gasteiger partial charge in [-0.05, 0) is 18.8 Å². The van der Waals surface area contributed by atoms with Crippen LogP contribution in [-0.2, 0) is 14.3 Å². The van der Waals surface area contributed by atoms with E-state index >= 15 is 0 Å². The maximum absolute atomic E-state index is 12.7. The fourth-order valence-corrected chi connectivity index (χ4v) is 3.84. The molecule has 0 spiro atoms.